The van der Waals surface area contributed by atoms with Crippen molar-refractivity contribution >= 4 is 11.6 Å². The second kappa shape index (κ2) is 8.88. The number of nitrogens with zero attached hydrogens (tertiary/aromatic N) is 2. The van der Waals surface area contributed by atoms with Crippen LogP contribution in [-0.2, 0) is 22.4 Å². The minimum absolute atomic E-state index is 0.0543. The molecule has 35 heavy (non-hydrogen) atoms. The lowest BCUT2D eigenvalue weighted by Gasteiger charge is -2.24. The summed E-state index contributed by atoms with van der Waals surface area (Å²) < 4.78 is 27.8. The Bertz CT molecular complexity index is 1250. The zero-order valence-electron chi connectivity index (χ0n) is 21.4. The van der Waals surface area contributed by atoms with Crippen LogP contribution in [0.4, 0.5) is 5.69 Å². The third-order valence-corrected chi connectivity index (χ3v) is 6.16. The van der Waals surface area contributed by atoms with Gasteiger partial charge in [0.1, 0.15) is 5.76 Å². The number of benzene rings is 1. The van der Waals surface area contributed by atoms with Gasteiger partial charge in [0, 0.05) is 6.42 Å². The highest BCUT2D eigenvalue weighted by molar-refractivity contribution is 6.03. The van der Waals surface area contributed by atoms with Gasteiger partial charge >= 0.3 is 6.01 Å². The van der Waals surface area contributed by atoms with Crippen molar-refractivity contribution in [3.8, 4) is 17.8 Å². The number of anilines is 1. The summed E-state index contributed by atoms with van der Waals surface area (Å²) in [4.78, 5) is 21.1. The van der Waals surface area contributed by atoms with Gasteiger partial charge in [-0.2, -0.15) is 9.97 Å². The smallest absolute Gasteiger partial charge is 0.322 e. The lowest BCUT2D eigenvalue weighted by atomic mass is 9.86. The van der Waals surface area contributed by atoms with Crippen LogP contribution in [0.25, 0.3) is 0 Å². The molecule has 186 valence electrons. The molecule has 1 amide bonds. The van der Waals surface area contributed by atoms with Gasteiger partial charge in [-0.3, -0.25) is 4.79 Å². The van der Waals surface area contributed by atoms with Crippen molar-refractivity contribution in [1.82, 2.24) is 9.97 Å². The molecule has 0 bridgehead atoms. The highest BCUT2D eigenvalue weighted by Gasteiger charge is 2.43. The molecule has 3 heterocycles. The van der Waals surface area contributed by atoms with E-state index in [9.17, 15) is 4.79 Å². The van der Waals surface area contributed by atoms with Crippen LogP contribution < -0.4 is 19.5 Å². The summed E-state index contributed by atoms with van der Waals surface area (Å²) in [5.74, 6) is 0.539. The van der Waals surface area contributed by atoms with Gasteiger partial charge < -0.3 is 28.7 Å². The normalized spacial score (nSPS) is 15.4. The third-order valence-electron chi connectivity index (χ3n) is 6.16. The maximum Gasteiger partial charge on any atom is 0.322 e. The number of furan rings is 1. The van der Waals surface area contributed by atoms with Crippen molar-refractivity contribution in [1.29, 1.82) is 0 Å². The van der Waals surface area contributed by atoms with Crippen LogP contribution in [-0.4, -0.2) is 37.2 Å². The van der Waals surface area contributed by atoms with Gasteiger partial charge in [0.15, 0.2) is 11.4 Å². The Morgan fingerprint density at radius 3 is 2.11 bits per heavy atom. The van der Waals surface area contributed by atoms with Crippen molar-refractivity contribution in [2.24, 2.45) is 0 Å². The van der Waals surface area contributed by atoms with E-state index in [0.29, 0.717) is 12.2 Å². The Kier molecular flexibility index (Phi) is 6.23. The first-order chi connectivity index (χ1) is 16.5. The molecule has 9 nitrogen and oxygen atoms in total. The molecule has 1 aromatic carbocycles. The van der Waals surface area contributed by atoms with Crippen LogP contribution in [0.5, 0.6) is 17.8 Å². The van der Waals surface area contributed by atoms with E-state index < -0.39 is 5.91 Å². The Morgan fingerprint density at radius 2 is 1.54 bits per heavy atom. The fraction of sp³-hybridized carbons (Fsp3) is 0.423. The summed E-state index contributed by atoms with van der Waals surface area (Å²) in [5, 5.41) is 2.71. The van der Waals surface area contributed by atoms with Crippen molar-refractivity contribution in [2.45, 2.75) is 52.2 Å². The molecule has 0 saturated heterocycles. The number of aromatic nitrogens is 2. The van der Waals surface area contributed by atoms with E-state index in [1.54, 1.807) is 12.1 Å². The van der Waals surface area contributed by atoms with Gasteiger partial charge in [0.05, 0.1) is 32.5 Å². The number of carbonyl (C=O) groups excluding carboxylic acids is 1. The van der Waals surface area contributed by atoms with E-state index in [1.807, 2.05) is 0 Å². The van der Waals surface area contributed by atoms with Crippen molar-refractivity contribution in [3.05, 3.63) is 58.0 Å². The van der Waals surface area contributed by atoms with Crippen LogP contribution in [0, 0.1) is 6.92 Å². The number of hydrogen-bond acceptors (Lipinski definition) is 8. The second-order valence-corrected chi connectivity index (χ2v) is 9.45. The Morgan fingerprint density at radius 1 is 0.943 bits per heavy atom. The number of carbonyl (C=O) groups is 1. The van der Waals surface area contributed by atoms with Gasteiger partial charge in [-0.25, -0.2) is 0 Å². The number of ether oxygens (including phenoxy) is 4. The number of hydrogen-bond donors (Lipinski definition) is 1. The highest BCUT2D eigenvalue weighted by atomic mass is 16.5. The summed E-state index contributed by atoms with van der Waals surface area (Å²) in [6.45, 7) is 10.4. The number of amides is 1. The lowest BCUT2D eigenvalue weighted by molar-refractivity contribution is -0.105. The van der Waals surface area contributed by atoms with Crippen molar-refractivity contribution < 1.29 is 28.2 Å². The number of methoxy groups -OCH3 is 3. The second-order valence-electron chi connectivity index (χ2n) is 9.45. The van der Waals surface area contributed by atoms with Crippen LogP contribution >= 0.6 is 0 Å². The molecule has 0 spiro atoms. The molecular formula is C26H31N3O6. The van der Waals surface area contributed by atoms with Crippen LogP contribution in [0.1, 0.15) is 66.3 Å². The molecule has 0 fully saturated rings. The maximum absolute atomic E-state index is 12.9. The largest absolute Gasteiger partial charge is 0.479 e. The number of rotatable bonds is 7. The number of aryl methyl sites for hydroxylation is 1. The zero-order chi connectivity index (χ0) is 25.5. The lowest BCUT2D eigenvalue weighted by Crippen LogP contribution is -2.22. The van der Waals surface area contributed by atoms with Gasteiger partial charge in [-0.1, -0.05) is 12.1 Å². The third kappa shape index (κ3) is 4.55. The average Bonchev–Trinajstić information content (AvgIpc) is 3.34. The molecule has 1 aliphatic heterocycles. The van der Waals surface area contributed by atoms with Gasteiger partial charge in [-0.15, -0.1) is 0 Å². The van der Waals surface area contributed by atoms with Gasteiger partial charge in [-0.05, 0) is 69.0 Å². The van der Waals surface area contributed by atoms with Gasteiger partial charge in [0.2, 0.25) is 11.8 Å². The number of nitrogens with one attached hydrogen (secondary N) is 1. The zero-order valence-corrected chi connectivity index (χ0v) is 21.4. The molecule has 9 heteroatoms. The summed E-state index contributed by atoms with van der Waals surface area (Å²) in [6.07, 6.45) is 0.543. The van der Waals surface area contributed by atoms with E-state index in [2.05, 4.69) is 62.0 Å². The minimum atomic E-state index is -0.483. The molecular weight excluding hydrogens is 450 g/mol. The fourth-order valence-electron chi connectivity index (χ4n) is 4.54. The highest BCUT2D eigenvalue weighted by Crippen LogP contribution is 2.47. The quantitative estimate of drug-likeness (QED) is 0.516. The molecule has 2 aromatic heterocycles. The van der Waals surface area contributed by atoms with E-state index in [1.165, 1.54) is 32.5 Å². The predicted octanol–water partition coefficient (Wildman–Crippen LogP) is 4.75. The summed E-state index contributed by atoms with van der Waals surface area (Å²) in [6, 6.07) is 7.86. The standard InChI is InChI=1S/C26H31N3O6/c1-14-11-17-18(26(4,5)35-25(17,2)3)13-15(14)12-16-9-10-19(34-16)21(30)27-20-22(31-6)28-24(33-8)29-23(20)32-7/h9-11,13H,12H2,1-8H3,(H,27,30). The Hall–Kier alpha value is -3.59. The monoisotopic (exact) mass is 481 g/mol. The van der Waals surface area contributed by atoms with E-state index in [-0.39, 0.29) is 40.4 Å². The predicted molar refractivity (Wildman–Crippen MR) is 129 cm³/mol. The molecule has 3 aromatic rings. The first kappa shape index (κ1) is 24.5. The topological polar surface area (TPSA) is 105 Å². The first-order valence-corrected chi connectivity index (χ1v) is 11.3. The summed E-state index contributed by atoms with van der Waals surface area (Å²) in [5.41, 5.74) is 4.09. The summed E-state index contributed by atoms with van der Waals surface area (Å²) >= 11 is 0. The van der Waals surface area contributed by atoms with Crippen LogP contribution in [0.2, 0.25) is 0 Å². The van der Waals surface area contributed by atoms with Crippen molar-refractivity contribution in [2.75, 3.05) is 26.6 Å². The SMILES string of the molecule is COc1nc(OC)c(NC(=O)c2ccc(Cc3cc4c(cc3C)C(C)(C)OC4(C)C)o2)c(OC)n1. The molecule has 0 radical (unpaired) electrons. The maximum atomic E-state index is 12.9. The first-order valence-electron chi connectivity index (χ1n) is 11.3. The van der Waals surface area contributed by atoms with Crippen LogP contribution in [0.3, 0.4) is 0 Å². The van der Waals surface area contributed by atoms with E-state index in [0.717, 1.165) is 11.1 Å². The fourth-order valence-corrected chi connectivity index (χ4v) is 4.54. The number of fused-ring (bicyclic) bond motifs is 1. The Labute approximate surface area is 204 Å². The van der Waals surface area contributed by atoms with Gasteiger partial charge in [0.25, 0.3) is 5.91 Å². The van der Waals surface area contributed by atoms with E-state index >= 15 is 0 Å². The molecule has 0 saturated carbocycles. The van der Waals surface area contributed by atoms with Crippen LogP contribution in [0.15, 0.2) is 28.7 Å². The molecule has 0 unspecified atom stereocenters. The average molecular weight is 482 g/mol. The summed E-state index contributed by atoms with van der Waals surface area (Å²) in [7, 11) is 4.27. The molecule has 4 rings (SSSR count). The van der Waals surface area contributed by atoms with E-state index in [4.69, 9.17) is 23.4 Å². The van der Waals surface area contributed by atoms with Crippen molar-refractivity contribution in [3.63, 3.8) is 0 Å². The molecule has 1 N–H and O–H groups in total. The molecule has 1 aliphatic rings. The Balaban J connectivity index is 1.57. The minimum Gasteiger partial charge on any atom is -0.479 e. The molecule has 0 atom stereocenters. The molecule has 0 aliphatic carbocycles.